The van der Waals surface area contributed by atoms with Gasteiger partial charge in [-0.3, -0.25) is 4.79 Å². The summed E-state index contributed by atoms with van der Waals surface area (Å²) in [5.74, 6) is 1.63. The van der Waals surface area contributed by atoms with Gasteiger partial charge < -0.3 is 14.3 Å². The fourth-order valence-corrected chi connectivity index (χ4v) is 4.05. The Bertz CT molecular complexity index is 1380. The minimum atomic E-state index is -0.0968. The lowest BCUT2D eigenvalue weighted by Gasteiger charge is -2.07. The molecule has 0 fully saturated rings. The van der Waals surface area contributed by atoms with E-state index in [9.17, 15) is 4.79 Å². The molecule has 0 aliphatic rings. The molecule has 0 unspecified atom stereocenters. The van der Waals surface area contributed by atoms with Crippen molar-refractivity contribution < 1.29 is 9.21 Å². The van der Waals surface area contributed by atoms with E-state index in [1.807, 2.05) is 77.1 Å². The molecular formula is C26H25N5O2. The predicted molar refractivity (Wildman–Crippen MR) is 127 cm³/mol. The molecule has 0 bridgehead atoms. The zero-order valence-electron chi connectivity index (χ0n) is 18.7. The Kier molecular flexibility index (Phi) is 5.52. The third kappa shape index (κ3) is 4.30. The Balaban J connectivity index is 1.35. The molecule has 4 heterocycles. The van der Waals surface area contributed by atoms with Gasteiger partial charge in [-0.05, 0) is 67.4 Å². The Hall–Kier alpha value is -4.13. The fourth-order valence-electron chi connectivity index (χ4n) is 4.05. The first-order valence-electron chi connectivity index (χ1n) is 11.0. The number of aromatic nitrogens is 4. The summed E-state index contributed by atoms with van der Waals surface area (Å²) >= 11 is 0. The van der Waals surface area contributed by atoms with Gasteiger partial charge in [-0.1, -0.05) is 12.1 Å². The Morgan fingerprint density at radius 3 is 2.58 bits per heavy atom. The lowest BCUT2D eigenvalue weighted by Crippen LogP contribution is -2.25. The maximum absolute atomic E-state index is 12.5. The number of fused-ring (bicyclic) bond motifs is 1. The summed E-state index contributed by atoms with van der Waals surface area (Å²) in [6, 6.07) is 17.4. The van der Waals surface area contributed by atoms with Crippen LogP contribution in [0, 0.1) is 13.8 Å². The summed E-state index contributed by atoms with van der Waals surface area (Å²) in [7, 11) is 0. The molecule has 33 heavy (non-hydrogen) atoms. The molecule has 5 aromatic rings. The average Bonchev–Trinajstić information content (AvgIpc) is 3.56. The lowest BCUT2D eigenvalue weighted by molar-refractivity contribution is 0.0953. The molecule has 0 aliphatic carbocycles. The first kappa shape index (κ1) is 20.8. The zero-order chi connectivity index (χ0) is 22.8. The van der Waals surface area contributed by atoms with Crippen molar-refractivity contribution in [1.82, 2.24) is 24.6 Å². The molecule has 0 saturated carbocycles. The van der Waals surface area contributed by atoms with E-state index in [-0.39, 0.29) is 5.91 Å². The van der Waals surface area contributed by atoms with Crippen molar-refractivity contribution in [2.45, 2.75) is 26.8 Å². The highest BCUT2D eigenvalue weighted by Crippen LogP contribution is 2.25. The van der Waals surface area contributed by atoms with Gasteiger partial charge in [-0.25, -0.2) is 9.67 Å². The molecular weight excluding hydrogens is 414 g/mol. The van der Waals surface area contributed by atoms with Crippen LogP contribution in [0.15, 0.2) is 77.7 Å². The lowest BCUT2D eigenvalue weighted by atomic mass is 10.1. The monoisotopic (exact) mass is 439 g/mol. The van der Waals surface area contributed by atoms with Crippen molar-refractivity contribution in [2.24, 2.45) is 0 Å². The quantitative estimate of drug-likeness (QED) is 0.406. The van der Waals surface area contributed by atoms with Crippen molar-refractivity contribution >= 4 is 16.9 Å². The topological polar surface area (TPSA) is 77.9 Å². The van der Waals surface area contributed by atoms with Crippen LogP contribution in [0.1, 0.15) is 32.9 Å². The predicted octanol–water partition coefficient (Wildman–Crippen LogP) is 4.45. The number of carbonyl (C=O) groups excluding carboxylic acids is 1. The van der Waals surface area contributed by atoms with Crippen LogP contribution in [0.3, 0.4) is 0 Å². The summed E-state index contributed by atoms with van der Waals surface area (Å²) in [5.41, 5.74) is 4.64. The van der Waals surface area contributed by atoms with Gasteiger partial charge in [0.25, 0.3) is 5.91 Å². The standard InChI is InChI=1S/C26H25N5O2/c1-18-16-19(2)28-24-23(18)25(30-13-3-4-14-30)29-31(24)17-20-7-9-21(10-8-20)26(32)27-12-11-22-6-5-15-33-22/h3-10,13-16H,11-12,17H2,1-2H3,(H,27,32). The largest absolute Gasteiger partial charge is 0.469 e. The normalized spacial score (nSPS) is 11.2. The van der Waals surface area contributed by atoms with Gasteiger partial charge in [0.2, 0.25) is 0 Å². The van der Waals surface area contributed by atoms with Crippen LogP contribution in [-0.4, -0.2) is 31.8 Å². The zero-order valence-corrected chi connectivity index (χ0v) is 18.7. The highest BCUT2D eigenvalue weighted by atomic mass is 16.3. The molecule has 0 saturated heterocycles. The van der Waals surface area contributed by atoms with Gasteiger partial charge in [0, 0.05) is 36.6 Å². The van der Waals surface area contributed by atoms with Crippen molar-refractivity contribution in [3.05, 3.63) is 101 Å². The van der Waals surface area contributed by atoms with E-state index in [2.05, 4.69) is 18.3 Å². The van der Waals surface area contributed by atoms with Crippen molar-refractivity contribution in [1.29, 1.82) is 0 Å². The second-order valence-corrected chi connectivity index (χ2v) is 8.13. The van der Waals surface area contributed by atoms with Gasteiger partial charge in [-0.15, -0.1) is 0 Å². The maximum atomic E-state index is 12.5. The molecule has 1 N–H and O–H groups in total. The van der Waals surface area contributed by atoms with Crippen LogP contribution in [0.5, 0.6) is 0 Å². The first-order valence-corrected chi connectivity index (χ1v) is 11.0. The van der Waals surface area contributed by atoms with Crippen LogP contribution in [0.25, 0.3) is 16.9 Å². The van der Waals surface area contributed by atoms with Gasteiger partial charge in [0.1, 0.15) is 5.76 Å². The molecule has 0 spiro atoms. The van der Waals surface area contributed by atoms with Gasteiger partial charge >= 0.3 is 0 Å². The third-order valence-corrected chi connectivity index (χ3v) is 5.64. The molecule has 7 heteroatoms. The molecule has 5 rings (SSSR count). The van der Waals surface area contributed by atoms with E-state index in [0.717, 1.165) is 39.4 Å². The number of pyridine rings is 1. The van der Waals surface area contributed by atoms with E-state index >= 15 is 0 Å². The summed E-state index contributed by atoms with van der Waals surface area (Å²) in [6.07, 6.45) is 6.28. The molecule has 0 atom stereocenters. The molecule has 1 aromatic carbocycles. The van der Waals surface area contributed by atoms with Crippen molar-refractivity contribution in [2.75, 3.05) is 6.54 Å². The summed E-state index contributed by atoms with van der Waals surface area (Å²) < 4.78 is 9.24. The van der Waals surface area contributed by atoms with E-state index in [1.165, 1.54) is 0 Å². The number of furan rings is 1. The van der Waals surface area contributed by atoms with Crippen molar-refractivity contribution in [3.63, 3.8) is 0 Å². The molecule has 0 aliphatic heterocycles. The molecule has 1 amide bonds. The van der Waals surface area contributed by atoms with E-state index in [4.69, 9.17) is 14.5 Å². The number of hydrogen-bond acceptors (Lipinski definition) is 4. The minimum Gasteiger partial charge on any atom is -0.469 e. The van der Waals surface area contributed by atoms with Crippen molar-refractivity contribution in [3.8, 4) is 5.82 Å². The summed E-state index contributed by atoms with van der Waals surface area (Å²) in [5, 5.41) is 8.86. The Morgan fingerprint density at radius 2 is 1.85 bits per heavy atom. The average molecular weight is 440 g/mol. The SMILES string of the molecule is Cc1cc(C)c2c(-n3cccc3)nn(Cc3ccc(C(=O)NCCc4ccco4)cc3)c2n1. The number of hydrogen-bond donors (Lipinski definition) is 1. The molecule has 4 aromatic heterocycles. The fraction of sp³-hybridized carbons (Fsp3) is 0.192. The van der Waals surface area contributed by atoms with Crippen LogP contribution in [0.4, 0.5) is 0 Å². The first-order chi connectivity index (χ1) is 16.1. The number of rotatable bonds is 7. The number of nitrogens with one attached hydrogen (secondary N) is 1. The van der Waals surface area contributed by atoms with Crippen LogP contribution < -0.4 is 5.32 Å². The Labute approximate surface area is 191 Å². The van der Waals surface area contributed by atoms with E-state index in [1.54, 1.807) is 6.26 Å². The molecule has 7 nitrogen and oxygen atoms in total. The van der Waals surface area contributed by atoms with E-state index in [0.29, 0.717) is 25.1 Å². The summed E-state index contributed by atoms with van der Waals surface area (Å²) in [4.78, 5) is 17.2. The number of carbonyl (C=O) groups is 1. The minimum absolute atomic E-state index is 0.0968. The van der Waals surface area contributed by atoms with Crippen LogP contribution in [0.2, 0.25) is 0 Å². The Morgan fingerprint density at radius 1 is 1.06 bits per heavy atom. The smallest absolute Gasteiger partial charge is 0.251 e. The van der Waals surface area contributed by atoms with E-state index < -0.39 is 0 Å². The highest BCUT2D eigenvalue weighted by molar-refractivity contribution is 5.94. The second kappa shape index (κ2) is 8.78. The number of amides is 1. The van der Waals surface area contributed by atoms with Crippen LogP contribution in [-0.2, 0) is 13.0 Å². The third-order valence-electron chi connectivity index (χ3n) is 5.64. The number of benzene rings is 1. The van der Waals surface area contributed by atoms with Gasteiger partial charge in [0.15, 0.2) is 11.5 Å². The van der Waals surface area contributed by atoms with Crippen LogP contribution >= 0.6 is 0 Å². The maximum Gasteiger partial charge on any atom is 0.251 e. The van der Waals surface area contributed by atoms with Gasteiger partial charge in [0.05, 0.1) is 18.2 Å². The molecule has 166 valence electrons. The summed E-state index contributed by atoms with van der Waals surface area (Å²) in [6.45, 7) is 5.18. The number of aryl methyl sites for hydroxylation is 2. The molecule has 0 radical (unpaired) electrons. The highest BCUT2D eigenvalue weighted by Gasteiger charge is 2.16. The number of nitrogens with zero attached hydrogens (tertiary/aromatic N) is 4. The van der Waals surface area contributed by atoms with Gasteiger partial charge in [-0.2, -0.15) is 5.10 Å². The second-order valence-electron chi connectivity index (χ2n) is 8.13.